The fourth-order valence-electron chi connectivity index (χ4n) is 5.12. The van der Waals surface area contributed by atoms with Crippen LogP contribution in [0.3, 0.4) is 0 Å². The average Bonchev–Trinajstić information content (AvgIpc) is 3.35. The van der Waals surface area contributed by atoms with E-state index in [1.807, 2.05) is 115 Å². The number of amides is 1. The Labute approximate surface area is 220 Å². The highest BCUT2D eigenvalue weighted by Gasteiger charge is 2.25. The number of aromatic amines is 1. The number of aryl methyl sites for hydroxylation is 1. The molecule has 5 heteroatoms. The summed E-state index contributed by atoms with van der Waals surface area (Å²) in [5.41, 5.74) is 5.26. The molecular weight excluding hydrogens is 470 g/mol. The second-order valence-electron chi connectivity index (χ2n) is 9.37. The third kappa shape index (κ3) is 4.39. The van der Waals surface area contributed by atoms with Gasteiger partial charge in [-0.3, -0.25) is 9.59 Å². The van der Waals surface area contributed by atoms with Crippen LogP contribution in [0.15, 0.2) is 120 Å². The summed E-state index contributed by atoms with van der Waals surface area (Å²) < 4.78 is 1.66. The van der Waals surface area contributed by atoms with Gasteiger partial charge >= 0.3 is 0 Å². The number of nitrogens with zero attached hydrogens (tertiary/aromatic N) is 1. The van der Waals surface area contributed by atoms with Gasteiger partial charge in [0.05, 0.1) is 11.1 Å². The number of carbonyl (C=O) groups is 1. The van der Waals surface area contributed by atoms with E-state index in [2.05, 4.69) is 10.3 Å². The lowest BCUT2D eigenvalue weighted by molar-refractivity contribution is 0.0942. The van der Waals surface area contributed by atoms with Crippen LogP contribution in [0, 0.1) is 0 Å². The van der Waals surface area contributed by atoms with Crippen LogP contribution in [0.1, 0.15) is 21.6 Å². The number of pyridine rings is 1. The minimum atomic E-state index is -0.270. The molecule has 0 unspecified atom stereocenters. The number of aromatic nitrogens is 2. The van der Waals surface area contributed by atoms with E-state index >= 15 is 0 Å². The molecule has 4 aromatic carbocycles. The fourth-order valence-corrected chi connectivity index (χ4v) is 5.12. The van der Waals surface area contributed by atoms with Crippen LogP contribution in [-0.4, -0.2) is 15.5 Å². The maximum atomic E-state index is 14.2. The van der Waals surface area contributed by atoms with Crippen molar-refractivity contribution in [3.63, 3.8) is 0 Å². The van der Waals surface area contributed by atoms with Crippen molar-refractivity contribution in [2.75, 3.05) is 0 Å². The molecule has 0 atom stereocenters. The second kappa shape index (κ2) is 10.2. The van der Waals surface area contributed by atoms with Gasteiger partial charge in [-0.25, -0.2) is 0 Å². The molecule has 0 aliphatic rings. The van der Waals surface area contributed by atoms with Crippen LogP contribution in [0.25, 0.3) is 32.9 Å². The van der Waals surface area contributed by atoms with Gasteiger partial charge < -0.3 is 14.9 Å². The lowest BCUT2D eigenvalue weighted by Gasteiger charge is -2.17. The van der Waals surface area contributed by atoms with Crippen molar-refractivity contribution in [3.8, 4) is 11.1 Å². The van der Waals surface area contributed by atoms with Gasteiger partial charge in [0.1, 0.15) is 5.69 Å². The molecule has 0 aliphatic carbocycles. The number of rotatable bonds is 7. The van der Waals surface area contributed by atoms with E-state index in [1.165, 1.54) is 0 Å². The lowest BCUT2D eigenvalue weighted by Crippen LogP contribution is -2.33. The highest BCUT2D eigenvalue weighted by Crippen LogP contribution is 2.33. The SMILES string of the molecule is O=C(NCc1ccccc1)c1c2c([nH]c3ccccc32)c(-c2ccccc2)c(=O)n1CCc1ccccc1. The van der Waals surface area contributed by atoms with E-state index in [9.17, 15) is 9.59 Å². The third-order valence-corrected chi connectivity index (χ3v) is 6.96. The van der Waals surface area contributed by atoms with E-state index < -0.39 is 0 Å². The quantitative estimate of drug-likeness (QED) is 0.271. The van der Waals surface area contributed by atoms with Crippen molar-refractivity contribution >= 4 is 27.7 Å². The molecule has 0 saturated carbocycles. The van der Waals surface area contributed by atoms with Crippen LogP contribution >= 0.6 is 0 Å². The lowest BCUT2D eigenvalue weighted by atomic mass is 10.0. The average molecular weight is 498 g/mol. The van der Waals surface area contributed by atoms with Crippen LogP contribution in [0.5, 0.6) is 0 Å². The van der Waals surface area contributed by atoms with Crippen molar-refractivity contribution in [1.29, 1.82) is 0 Å². The van der Waals surface area contributed by atoms with Gasteiger partial charge in [0.25, 0.3) is 11.5 Å². The molecule has 0 spiro atoms. The Bertz CT molecular complexity index is 1790. The molecule has 2 N–H and O–H groups in total. The van der Waals surface area contributed by atoms with Crippen molar-refractivity contribution in [2.45, 2.75) is 19.5 Å². The Hall–Kier alpha value is -4.90. The van der Waals surface area contributed by atoms with Crippen LogP contribution < -0.4 is 10.9 Å². The molecule has 0 radical (unpaired) electrons. The Balaban J connectivity index is 1.58. The molecule has 186 valence electrons. The van der Waals surface area contributed by atoms with Crippen molar-refractivity contribution in [1.82, 2.24) is 14.9 Å². The molecule has 2 aromatic heterocycles. The predicted molar refractivity (Wildman–Crippen MR) is 153 cm³/mol. The molecule has 0 saturated heterocycles. The Morgan fingerprint density at radius 3 is 2.05 bits per heavy atom. The molecule has 1 amide bonds. The number of nitrogens with one attached hydrogen (secondary N) is 2. The maximum Gasteiger partial charge on any atom is 0.269 e. The summed E-state index contributed by atoms with van der Waals surface area (Å²) in [6, 6.07) is 37.4. The van der Waals surface area contributed by atoms with Crippen molar-refractivity contribution in [2.24, 2.45) is 0 Å². The molecule has 6 rings (SSSR count). The summed E-state index contributed by atoms with van der Waals surface area (Å²) in [4.78, 5) is 31.6. The largest absolute Gasteiger partial charge is 0.354 e. The molecule has 38 heavy (non-hydrogen) atoms. The summed E-state index contributed by atoms with van der Waals surface area (Å²) in [6.07, 6.45) is 0.627. The van der Waals surface area contributed by atoms with Crippen LogP contribution in [-0.2, 0) is 19.5 Å². The Kier molecular flexibility index (Phi) is 6.32. The first kappa shape index (κ1) is 23.5. The molecule has 0 bridgehead atoms. The van der Waals surface area contributed by atoms with Crippen LogP contribution in [0.4, 0.5) is 0 Å². The predicted octanol–water partition coefficient (Wildman–Crippen LogP) is 6.32. The maximum absolute atomic E-state index is 14.2. The van der Waals surface area contributed by atoms with Gasteiger partial charge in [0.2, 0.25) is 0 Å². The van der Waals surface area contributed by atoms with Gasteiger partial charge in [0, 0.05) is 29.4 Å². The standard InChI is InChI=1S/C33H27N3O2/c37-32(34-22-24-14-6-2-7-15-24)31-29-26-18-10-11-19-27(26)35-30(29)28(25-16-8-3-9-17-25)33(38)36(31)21-20-23-12-4-1-5-13-23/h1-19,35H,20-22H2,(H,34,37). The van der Waals surface area contributed by atoms with E-state index in [4.69, 9.17) is 0 Å². The molecule has 5 nitrogen and oxygen atoms in total. The van der Waals surface area contributed by atoms with Gasteiger partial charge in [-0.1, -0.05) is 109 Å². The number of fused-ring (bicyclic) bond motifs is 3. The molecule has 6 aromatic rings. The number of hydrogen-bond donors (Lipinski definition) is 2. The molecular formula is C33H27N3O2. The number of benzene rings is 4. The fraction of sp³-hybridized carbons (Fsp3) is 0.0909. The molecule has 2 heterocycles. The van der Waals surface area contributed by atoms with E-state index in [1.54, 1.807) is 4.57 Å². The second-order valence-corrected chi connectivity index (χ2v) is 9.37. The minimum absolute atomic E-state index is 0.184. The van der Waals surface area contributed by atoms with E-state index in [0.717, 1.165) is 33.0 Å². The van der Waals surface area contributed by atoms with Crippen molar-refractivity contribution < 1.29 is 4.79 Å². The summed E-state index contributed by atoms with van der Waals surface area (Å²) in [5, 5.41) is 4.75. The summed E-state index contributed by atoms with van der Waals surface area (Å²) in [6.45, 7) is 0.753. The Morgan fingerprint density at radius 2 is 1.34 bits per heavy atom. The van der Waals surface area contributed by atoms with Crippen LogP contribution in [0.2, 0.25) is 0 Å². The zero-order chi connectivity index (χ0) is 25.9. The van der Waals surface area contributed by atoms with Gasteiger partial charge in [-0.15, -0.1) is 0 Å². The number of H-pyrrole nitrogens is 1. The molecule has 0 aliphatic heterocycles. The van der Waals surface area contributed by atoms with E-state index in [0.29, 0.717) is 36.3 Å². The highest BCUT2D eigenvalue weighted by atomic mass is 16.2. The highest BCUT2D eigenvalue weighted by molar-refractivity contribution is 6.19. The summed E-state index contributed by atoms with van der Waals surface area (Å²) in [7, 11) is 0. The number of hydrogen-bond acceptors (Lipinski definition) is 2. The summed E-state index contributed by atoms with van der Waals surface area (Å²) in [5.74, 6) is -0.270. The molecule has 0 fully saturated rings. The first-order chi connectivity index (χ1) is 18.7. The number of para-hydroxylation sites is 1. The smallest absolute Gasteiger partial charge is 0.269 e. The van der Waals surface area contributed by atoms with Gasteiger partial charge in [-0.2, -0.15) is 0 Å². The van der Waals surface area contributed by atoms with Gasteiger partial charge in [-0.05, 0) is 29.2 Å². The third-order valence-electron chi connectivity index (χ3n) is 6.96. The number of carbonyl (C=O) groups excluding carboxylic acids is 1. The normalized spacial score (nSPS) is 11.2. The monoisotopic (exact) mass is 497 g/mol. The first-order valence-corrected chi connectivity index (χ1v) is 12.8. The topological polar surface area (TPSA) is 66.9 Å². The Morgan fingerprint density at radius 1 is 0.737 bits per heavy atom. The summed E-state index contributed by atoms with van der Waals surface area (Å²) >= 11 is 0. The van der Waals surface area contributed by atoms with Crippen molar-refractivity contribution in [3.05, 3.63) is 142 Å². The van der Waals surface area contributed by atoms with Gasteiger partial charge in [0.15, 0.2) is 0 Å². The zero-order valence-electron chi connectivity index (χ0n) is 20.9. The first-order valence-electron chi connectivity index (χ1n) is 12.8. The minimum Gasteiger partial charge on any atom is -0.354 e. The zero-order valence-corrected chi connectivity index (χ0v) is 20.9. The van der Waals surface area contributed by atoms with E-state index in [-0.39, 0.29) is 11.5 Å².